The average Bonchev–Trinajstić information content (AvgIpc) is 2.30. The van der Waals surface area contributed by atoms with Gasteiger partial charge in [-0.05, 0) is 27.9 Å². The van der Waals surface area contributed by atoms with Crippen molar-refractivity contribution in [2.24, 2.45) is 0 Å². The molecule has 0 aliphatic carbocycles. The van der Waals surface area contributed by atoms with E-state index in [9.17, 15) is 4.79 Å². The van der Waals surface area contributed by atoms with E-state index in [2.05, 4.69) is 13.8 Å². The molecule has 0 atom stereocenters. The Kier molecular flexibility index (Phi) is 21.5. The van der Waals surface area contributed by atoms with E-state index in [0.717, 1.165) is 6.54 Å². The Morgan fingerprint density at radius 1 is 1.24 bits per heavy atom. The van der Waals surface area contributed by atoms with Gasteiger partial charge in [0.25, 0.3) is 0 Å². The molecule has 0 amide bonds. The van der Waals surface area contributed by atoms with Gasteiger partial charge < -0.3 is 14.4 Å². The van der Waals surface area contributed by atoms with Gasteiger partial charge in [-0.2, -0.15) is 0 Å². The summed E-state index contributed by atoms with van der Waals surface area (Å²) in [6.07, 6.45) is 3.11. The van der Waals surface area contributed by atoms with Gasteiger partial charge >= 0.3 is 5.97 Å². The van der Waals surface area contributed by atoms with Crippen LogP contribution in [-0.4, -0.2) is 44.9 Å². The van der Waals surface area contributed by atoms with Crippen LogP contribution in [0.4, 0.5) is 0 Å². The Labute approximate surface area is 106 Å². The third-order valence-corrected chi connectivity index (χ3v) is 1.36. The monoisotopic (exact) mass is 245 g/mol. The zero-order chi connectivity index (χ0) is 14.3. The van der Waals surface area contributed by atoms with Crippen molar-refractivity contribution >= 4 is 12.8 Å². The fourth-order valence-electron chi connectivity index (χ4n) is 0.648. The molecule has 0 radical (unpaired) electrons. The highest BCUT2D eigenvalue weighted by Crippen LogP contribution is 1.96. The molecule has 0 fully saturated rings. The van der Waals surface area contributed by atoms with Gasteiger partial charge in [-0.3, -0.25) is 0 Å². The lowest BCUT2D eigenvalue weighted by Gasteiger charge is -2.06. The summed E-state index contributed by atoms with van der Waals surface area (Å²) in [4.78, 5) is 21.0. The minimum Gasteiger partial charge on any atom is -0.463 e. The van der Waals surface area contributed by atoms with E-state index in [1.807, 2.05) is 31.9 Å². The van der Waals surface area contributed by atoms with Crippen LogP contribution < -0.4 is 0 Å². The Bertz CT molecular complexity index is 201. The quantitative estimate of drug-likeness (QED) is 0.563. The van der Waals surface area contributed by atoms with Crippen LogP contribution in [0.25, 0.3) is 0 Å². The van der Waals surface area contributed by atoms with Crippen molar-refractivity contribution in [3.8, 4) is 0 Å². The molecule has 4 heteroatoms. The number of hydrogen-bond donors (Lipinski definition) is 0. The number of nitrogens with zero attached hydrogens (tertiary/aromatic N) is 1. The first-order valence-corrected chi connectivity index (χ1v) is 5.76. The summed E-state index contributed by atoms with van der Waals surface area (Å²) in [5, 5.41) is 0. The van der Waals surface area contributed by atoms with E-state index in [0.29, 0.717) is 12.2 Å². The molecular formula is C13H27NO3. The summed E-state index contributed by atoms with van der Waals surface area (Å²) in [6, 6.07) is 0. The molecular weight excluding hydrogens is 218 g/mol. The highest BCUT2D eigenvalue weighted by molar-refractivity contribution is 5.87. The normalized spacial score (nSPS) is 9.71. The third kappa shape index (κ3) is 20.8. The van der Waals surface area contributed by atoms with Crippen molar-refractivity contribution in [2.45, 2.75) is 34.1 Å². The van der Waals surface area contributed by atoms with Crippen molar-refractivity contribution in [3.05, 3.63) is 11.6 Å². The summed E-state index contributed by atoms with van der Waals surface area (Å²) >= 11 is 0. The highest BCUT2D eigenvalue weighted by Gasteiger charge is 2.02. The lowest BCUT2D eigenvalue weighted by Crippen LogP contribution is -2.13. The molecule has 0 aliphatic rings. The molecule has 0 aromatic carbocycles. The second kappa shape index (κ2) is 17.2. The Balaban J connectivity index is -0.000000337. The number of esters is 1. The second-order valence-electron chi connectivity index (χ2n) is 3.58. The van der Waals surface area contributed by atoms with E-state index < -0.39 is 0 Å². The first kappa shape index (κ1) is 21.2. The second-order valence-corrected chi connectivity index (χ2v) is 3.58. The molecule has 0 spiro atoms. The molecule has 0 unspecified atom stereocenters. The van der Waals surface area contributed by atoms with Gasteiger partial charge in [-0.25, -0.2) is 4.79 Å². The van der Waals surface area contributed by atoms with E-state index >= 15 is 0 Å². The van der Waals surface area contributed by atoms with Crippen molar-refractivity contribution in [3.63, 3.8) is 0 Å². The van der Waals surface area contributed by atoms with Crippen LogP contribution in [0.15, 0.2) is 11.6 Å². The largest absolute Gasteiger partial charge is 0.463 e. The van der Waals surface area contributed by atoms with Gasteiger partial charge in [0, 0.05) is 12.1 Å². The Hall–Kier alpha value is -1.16. The van der Waals surface area contributed by atoms with Crippen LogP contribution in [0.2, 0.25) is 0 Å². The number of likely N-dealkylation sites (N-methyl/N-ethyl adjacent to an activating group) is 1. The smallest absolute Gasteiger partial charge is 0.333 e. The highest BCUT2D eigenvalue weighted by atomic mass is 16.5. The fraction of sp³-hybridized carbons (Fsp3) is 0.692. The molecule has 0 bridgehead atoms. The summed E-state index contributed by atoms with van der Waals surface area (Å²) in [7, 11) is 3.91. The fourth-order valence-corrected chi connectivity index (χ4v) is 0.648. The van der Waals surface area contributed by atoms with Crippen LogP contribution in [0.3, 0.4) is 0 Å². The minimum absolute atomic E-state index is 0.223. The summed E-state index contributed by atoms with van der Waals surface area (Å²) < 4.78 is 4.81. The predicted octanol–water partition coefficient (Wildman–Crippen LogP) is 2.29. The summed E-state index contributed by atoms with van der Waals surface area (Å²) in [6.45, 7) is 11.0. The van der Waals surface area contributed by atoms with Crippen molar-refractivity contribution in [1.29, 1.82) is 0 Å². The molecule has 0 saturated heterocycles. The molecule has 4 nitrogen and oxygen atoms in total. The van der Waals surface area contributed by atoms with Crippen LogP contribution >= 0.6 is 0 Å². The number of carbonyl (C=O) groups is 2. The maximum Gasteiger partial charge on any atom is 0.333 e. The van der Waals surface area contributed by atoms with E-state index in [-0.39, 0.29) is 5.97 Å². The maximum absolute atomic E-state index is 11.0. The molecule has 0 heterocycles. The molecule has 0 N–H and O–H groups in total. The van der Waals surface area contributed by atoms with E-state index in [4.69, 9.17) is 9.53 Å². The minimum atomic E-state index is -0.223. The summed E-state index contributed by atoms with van der Waals surface area (Å²) in [5.74, 6) is -0.223. The number of rotatable bonds is 4. The molecule has 17 heavy (non-hydrogen) atoms. The van der Waals surface area contributed by atoms with Gasteiger partial charge in [0.15, 0.2) is 0 Å². The SMILES string of the molecule is C=O.CCC.CCOC(=O)/C(C)=C/CN(C)C. The van der Waals surface area contributed by atoms with Gasteiger partial charge in [-0.1, -0.05) is 26.3 Å². The molecule has 0 rings (SSSR count). The summed E-state index contributed by atoms with van der Waals surface area (Å²) in [5.41, 5.74) is 0.672. The van der Waals surface area contributed by atoms with E-state index in [1.165, 1.54) is 6.42 Å². The molecule has 0 aliphatic heterocycles. The van der Waals surface area contributed by atoms with Gasteiger partial charge in [0.2, 0.25) is 0 Å². The van der Waals surface area contributed by atoms with Crippen LogP contribution in [0.1, 0.15) is 34.1 Å². The van der Waals surface area contributed by atoms with Crippen LogP contribution in [0.5, 0.6) is 0 Å². The Morgan fingerprint density at radius 3 is 1.94 bits per heavy atom. The average molecular weight is 245 g/mol. The standard InChI is InChI=1S/C9H17NO2.C3H8.CH2O/c1-5-12-9(11)8(2)6-7-10(3)4;1-3-2;1-2/h6H,5,7H2,1-4H3;3H2,1-2H3;1H2/b8-6+;;. The molecule has 102 valence electrons. The lowest BCUT2D eigenvalue weighted by atomic mass is 10.3. The topological polar surface area (TPSA) is 46.6 Å². The van der Waals surface area contributed by atoms with Crippen LogP contribution in [-0.2, 0) is 14.3 Å². The van der Waals surface area contributed by atoms with Gasteiger partial charge in [0.1, 0.15) is 6.79 Å². The van der Waals surface area contributed by atoms with Gasteiger partial charge in [-0.15, -0.1) is 0 Å². The number of carbonyl (C=O) groups excluding carboxylic acids is 2. The number of ether oxygens (including phenoxy) is 1. The van der Waals surface area contributed by atoms with Crippen molar-refractivity contribution < 1.29 is 14.3 Å². The maximum atomic E-state index is 11.0. The van der Waals surface area contributed by atoms with Crippen molar-refractivity contribution in [1.82, 2.24) is 4.90 Å². The van der Waals surface area contributed by atoms with Gasteiger partial charge in [0.05, 0.1) is 6.61 Å². The van der Waals surface area contributed by atoms with E-state index in [1.54, 1.807) is 13.8 Å². The zero-order valence-electron chi connectivity index (χ0n) is 12.1. The first-order chi connectivity index (χ1) is 7.99. The Morgan fingerprint density at radius 2 is 1.65 bits per heavy atom. The predicted molar refractivity (Wildman–Crippen MR) is 72.0 cm³/mol. The third-order valence-electron chi connectivity index (χ3n) is 1.36. The number of hydrogen-bond acceptors (Lipinski definition) is 4. The molecule has 0 aromatic rings. The van der Waals surface area contributed by atoms with Crippen molar-refractivity contribution in [2.75, 3.05) is 27.2 Å². The zero-order valence-corrected chi connectivity index (χ0v) is 12.1. The lowest BCUT2D eigenvalue weighted by molar-refractivity contribution is -0.138. The van der Waals surface area contributed by atoms with Crippen LogP contribution in [0, 0.1) is 0 Å². The first-order valence-electron chi connectivity index (χ1n) is 5.76. The molecule has 0 aromatic heterocycles. The molecule has 0 saturated carbocycles.